The summed E-state index contributed by atoms with van der Waals surface area (Å²) in [7, 11) is -9.24. The second-order valence-electron chi connectivity index (χ2n) is 30.0. The summed E-state index contributed by atoms with van der Waals surface area (Å²) in [6.45, 7) is 77.1. The van der Waals surface area contributed by atoms with Crippen molar-refractivity contribution >= 4 is 76.7 Å². The minimum absolute atomic E-state index is 0. The molecule has 0 saturated heterocycles. The first-order valence-electron chi connectivity index (χ1n) is 35.6. The summed E-state index contributed by atoms with van der Waals surface area (Å²) >= 11 is 0. The predicted molar refractivity (Wildman–Crippen MR) is 403 cm³/mol. The first kappa shape index (κ1) is 77.6. The zero-order valence-corrected chi connectivity index (χ0v) is 67.7. The number of aromatic nitrogens is 4. The Bertz CT molecular complexity index is 3270. The van der Waals surface area contributed by atoms with E-state index in [4.69, 9.17) is 19.9 Å². The summed E-state index contributed by atoms with van der Waals surface area (Å²) in [6.07, 6.45) is 6.39. The SMILES string of the molecule is CCC1=C(CC)c2nc1c(C#C[Si](C(C)C)(C(C)C)C(C)C)c1nc(c(C#C[Si](C(C)C)(C(C)C)C(C)C)c3[n-]c(c(CC)c3CC)c(C#C[Si](C(C)C)(C(C)C)C(C)C)c3[n-]c(c2C#C[Si](C(C)C)(C(C)C)C(C)C)c(CC)c3CC)C(CC)=C1CC.[Ni+2]. The summed E-state index contributed by atoms with van der Waals surface area (Å²) in [5, 5.41) is 0. The van der Waals surface area contributed by atoms with Gasteiger partial charge in [0, 0.05) is 11.1 Å². The number of hydrogen-bond acceptors (Lipinski definition) is 2. The Balaban J connectivity index is 0.0000169. The molecule has 0 N–H and O–H groups in total. The summed E-state index contributed by atoms with van der Waals surface area (Å²) in [5.41, 5.74) is 44.2. The van der Waals surface area contributed by atoms with Crippen molar-refractivity contribution in [3.8, 4) is 45.9 Å². The average molecular weight is 1310 g/mol. The van der Waals surface area contributed by atoms with E-state index in [1.807, 2.05) is 0 Å². The normalized spacial score (nSPS) is 13.5. The number of aryl methyl sites for hydroxylation is 4. The third-order valence-electron chi connectivity index (χ3n) is 22.4. The molecule has 0 aromatic carbocycles. The maximum atomic E-state index is 6.20. The van der Waals surface area contributed by atoms with E-state index >= 15 is 0 Å². The van der Waals surface area contributed by atoms with Crippen molar-refractivity contribution in [1.82, 2.24) is 19.9 Å². The van der Waals surface area contributed by atoms with Crippen LogP contribution < -0.4 is 9.97 Å². The van der Waals surface area contributed by atoms with Gasteiger partial charge in [0.15, 0.2) is 0 Å². The van der Waals surface area contributed by atoms with Gasteiger partial charge in [0.2, 0.25) is 0 Å². The third-order valence-corrected chi connectivity index (χ3v) is 47.6. The Kier molecular flexibility index (Phi) is 27.4. The first-order valence-corrected chi connectivity index (χ1v) is 44.5. The topological polar surface area (TPSA) is 54.0 Å². The molecule has 0 aliphatic carbocycles. The molecule has 2 aliphatic rings. The second-order valence-corrected chi connectivity index (χ2v) is 52.3. The predicted octanol–water partition coefficient (Wildman–Crippen LogP) is 23.6. The van der Waals surface area contributed by atoms with Crippen molar-refractivity contribution < 1.29 is 16.5 Å². The van der Waals surface area contributed by atoms with Crippen LogP contribution in [0, 0.1) is 45.9 Å². The molecular weight excluding hydrogens is 1190 g/mol. The van der Waals surface area contributed by atoms with Crippen molar-refractivity contribution in [2.75, 3.05) is 0 Å². The smallest absolute Gasteiger partial charge is 0.655 e. The van der Waals surface area contributed by atoms with Crippen molar-refractivity contribution in [2.45, 2.75) is 339 Å². The molecule has 5 rings (SSSR count). The van der Waals surface area contributed by atoms with Crippen LogP contribution in [-0.2, 0) is 42.2 Å². The molecule has 0 saturated carbocycles. The van der Waals surface area contributed by atoms with E-state index in [1.54, 1.807) is 0 Å². The van der Waals surface area contributed by atoms with E-state index in [0.717, 1.165) is 118 Å². The minimum Gasteiger partial charge on any atom is -0.655 e. The van der Waals surface area contributed by atoms with Crippen LogP contribution in [0.15, 0.2) is 0 Å². The van der Waals surface area contributed by atoms with Gasteiger partial charge >= 0.3 is 16.5 Å². The molecule has 5 heterocycles. The number of rotatable bonds is 20. The molecule has 0 fully saturated rings. The molecule has 0 unspecified atom stereocenters. The Labute approximate surface area is 561 Å². The zero-order chi connectivity index (χ0) is 66.6. The van der Waals surface area contributed by atoms with Gasteiger partial charge in [0.1, 0.15) is 32.3 Å². The molecule has 8 bridgehead atoms. The maximum absolute atomic E-state index is 6.20. The van der Waals surface area contributed by atoms with E-state index < -0.39 is 32.3 Å². The molecule has 0 spiro atoms. The molecule has 0 radical (unpaired) electrons. The van der Waals surface area contributed by atoms with Crippen LogP contribution in [0.3, 0.4) is 0 Å². The Morgan fingerprint density at radius 3 is 0.607 bits per heavy atom. The van der Waals surface area contributed by atoms with Gasteiger partial charge in [-0.15, -0.1) is 44.2 Å². The van der Waals surface area contributed by atoms with Gasteiger partial charge in [-0.05, 0) is 146 Å². The van der Waals surface area contributed by atoms with Crippen LogP contribution in [0.4, 0.5) is 0 Å². The van der Waals surface area contributed by atoms with Crippen LogP contribution in [0.25, 0.3) is 44.4 Å². The number of allylic oxidation sites excluding steroid dienone is 4. The maximum Gasteiger partial charge on any atom is 2.00 e. The summed E-state index contributed by atoms with van der Waals surface area (Å²) in [6, 6.07) is 0. The largest absolute Gasteiger partial charge is 2.00 e. The van der Waals surface area contributed by atoms with E-state index in [1.165, 1.54) is 44.5 Å². The van der Waals surface area contributed by atoms with Gasteiger partial charge in [-0.2, -0.15) is 0 Å². The van der Waals surface area contributed by atoms with Gasteiger partial charge in [0.05, 0.1) is 28.3 Å². The monoisotopic (exact) mass is 1310 g/mol. The molecule has 3 aromatic rings. The van der Waals surface area contributed by atoms with Crippen molar-refractivity contribution in [1.29, 1.82) is 0 Å². The van der Waals surface area contributed by atoms with E-state index in [2.05, 4.69) is 267 Å². The van der Waals surface area contributed by atoms with Gasteiger partial charge in [-0.25, -0.2) is 9.97 Å². The van der Waals surface area contributed by atoms with Crippen molar-refractivity contribution in [3.05, 3.63) is 67.3 Å². The molecule has 0 amide bonds. The summed E-state index contributed by atoms with van der Waals surface area (Å²) < 4.78 is 0. The Hall–Kier alpha value is -3.80. The van der Waals surface area contributed by atoms with Gasteiger partial charge in [-0.1, -0.05) is 267 Å². The summed E-state index contributed by atoms with van der Waals surface area (Å²) in [4.78, 5) is 24.8. The van der Waals surface area contributed by atoms with Crippen LogP contribution >= 0.6 is 0 Å². The van der Waals surface area contributed by atoms with E-state index in [-0.39, 0.29) is 16.5 Å². The zero-order valence-electron chi connectivity index (χ0n) is 62.7. The summed E-state index contributed by atoms with van der Waals surface area (Å²) in [5.74, 6) is 16.8. The van der Waals surface area contributed by atoms with Gasteiger partial charge < -0.3 is 9.97 Å². The van der Waals surface area contributed by atoms with Crippen LogP contribution in [-0.4, -0.2) is 42.3 Å². The fraction of sp³-hybridized carbons (Fsp3) is 0.650. The molecule has 3 aromatic heterocycles. The number of nitrogens with zero attached hydrogens (tertiary/aromatic N) is 4. The Morgan fingerprint density at radius 1 is 0.258 bits per heavy atom. The standard InChI is InChI=1S/C80H124N4Si4.Ni/c1-33-61-62(34-2)74-70(42-46-86(52(15)16,53(17)18)54(19)20)76-65(37-5)66(38-6)78(83-76)72(44-48-88(58(27)28,59(29)30)60(31)32)80-68(40-8)67(39-7)79(84-80)71(43-47-87(55(21)22,56(23)24)57(25)26)77-64(36-4)63(35-3)75(82-77)69(73(61)81-74)41-45-85(49(9)10,50(11)12)51(13)14;/h49-60H,33-40H2,1-32H3;/q-2;+2. The number of hydrogen-bond donors (Lipinski definition) is 0. The van der Waals surface area contributed by atoms with Gasteiger partial charge in [0.25, 0.3) is 0 Å². The first-order chi connectivity index (χ1) is 41.2. The molecule has 89 heavy (non-hydrogen) atoms. The van der Waals surface area contributed by atoms with Crippen molar-refractivity contribution in [2.24, 2.45) is 0 Å². The number of fused-ring (bicyclic) bond motifs is 8. The fourth-order valence-electron chi connectivity index (χ4n) is 18.2. The second kappa shape index (κ2) is 31.4. The fourth-order valence-corrected chi connectivity index (χ4v) is 39.0. The minimum atomic E-state index is -2.31. The third kappa shape index (κ3) is 13.6. The molecule has 490 valence electrons. The average Bonchev–Trinajstić information content (AvgIpc) is 1.65. The van der Waals surface area contributed by atoms with E-state index in [0.29, 0.717) is 66.5 Å². The van der Waals surface area contributed by atoms with Crippen LogP contribution in [0.1, 0.15) is 315 Å². The molecule has 4 nitrogen and oxygen atoms in total. The molecule has 9 heteroatoms. The van der Waals surface area contributed by atoms with Gasteiger partial charge in [-0.3, -0.25) is 0 Å². The van der Waals surface area contributed by atoms with E-state index in [9.17, 15) is 0 Å². The van der Waals surface area contributed by atoms with Crippen LogP contribution in [0.5, 0.6) is 0 Å². The molecular formula is C80H124N4NiSi4. The quantitative estimate of drug-likeness (QED) is 0.0836. The Morgan fingerprint density at radius 2 is 0.427 bits per heavy atom. The van der Waals surface area contributed by atoms with Crippen molar-refractivity contribution in [3.63, 3.8) is 0 Å². The molecule has 0 atom stereocenters. The van der Waals surface area contributed by atoms with Crippen LogP contribution in [0.2, 0.25) is 66.5 Å². The molecule has 2 aliphatic heterocycles.